The van der Waals surface area contributed by atoms with Crippen molar-refractivity contribution in [2.75, 3.05) is 37.8 Å². The molecular weight excluding hydrogens is 215 g/mol. The molecule has 0 aromatic rings. The van der Waals surface area contributed by atoms with Gasteiger partial charge in [-0.1, -0.05) is 6.92 Å². The standard InChI is InChI=1S/C8H16F3NOS/c1-2-14-6-4-12-3-5-13-7-8(9,10)11/h12H,2-7H2,1H3. The van der Waals surface area contributed by atoms with Crippen molar-refractivity contribution in [1.82, 2.24) is 5.32 Å². The Bertz CT molecular complexity index is 132. The van der Waals surface area contributed by atoms with Crippen LogP contribution in [0.3, 0.4) is 0 Å². The van der Waals surface area contributed by atoms with Crippen molar-refractivity contribution in [2.24, 2.45) is 0 Å². The summed E-state index contributed by atoms with van der Waals surface area (Å²) in [7, 11) is 0. The Morgan fingerprint density at radius 3 is 2.57 bits per heavy atom. The van der Waals surface area contributed by atoms with Gasteiger partial charge in [0.15, 0.2) is 0 Å². The highest BCUT2D eigenvalue weighted by molar-refractivity contribution is 7.99. The topological polar surface area (TPSA) is 21.3 Å². The van der Waals surface area contributed by atoms with Gasteiger partial charge in [0.25, 0.3) is 0 Å². The number of ether oxygens (including phenoxy) is 1. The van der Waals surface area contributed by atoms with Gasteiger partial charge < -0.3 is 10.1 Å². The van der Waals surface area contributed by atoms with Gasteiger partial charge in [-0.15, -0.1) is 0 Å². The molecule has 0 heterocycles. The lowest BCUT2D eigenvalue weighted by molar-refractivity contribution is -0.173. The average Bonchev–Trinajstić information content (AvgIpc) is 2.08. The highest BCUT2D eigenvalue weighted by Crippen LogP contribution is 2.13. The third kappa shape index (κ3) is 12.1. The zero-order valence-electron chi connectivity index (χ0n) is 8.19. The molecule has 0 atom stereocenters. The molecule has 86 valence electrons. The summed E-state index contributed by atoms with van der Waals surface area (Å²) in [5, 5.41) is 2.99. The Hall–Kier alpha value is 0.0600. The van der Waals surface area contributed by atoms with Gasteiger partial charge in [-0.05, 0) is 5.75 Å². The van der Waals surface area contributed by atoms with Crippen molar-refractivity contribution >= 4 is 11.8 Å². The van der Waals surface area contributed by atoms with Crippen LogP contribution in [0.5, 0.6) is 0 Å². The summed E-state index contributed by atoms with van der Waals surface area (Å²) < 4.78 is 39.2. The number of hydrogen-bond donors (Lipinski definition) is 1. The molecular formula is C8H16F3NOS. The van der Waals surface area contributed by atoms with E-state index in [1.807, 2.05) is 0 Å². The highest BCUT2D eigenvalue weighted by atomic mass is 32.2. The molecule has 0 aromatic carbocycles. The number of halogens is 3. The molecule has 0 radical (unpaired) electrons. The average molecular weight is 231 g/mol. The van der Waals surface area contributed by atoms with E-state index in [1.54, 1.807) is 11.8 Å². The molecule has 0 rings (SSSR count). The first-order chi connectivity index (χ1) is 6.56. The first-order valence-corrected chi connectivity index (χ1v) is 5.64. The van der Waals surface area contributed by atoms with E-state index in [-0.39, 0.29) is 6.61 Å². The molecule has 0 aliphatic carbocycles. The number of rotatable bonds is 8. The van der Waals surface area contributed by atoms with Crippen LogP contribution in [0.1, 0.15) is 6.92 Å². The maximum atomic E-state index is 11.6. The summed E-state index contributed by atoms with van der Waals surface area (Å²) >= 11 is 1.79. The van der Waals surface area contributed by atoms with Gasteiger partial charge in [-0.3, -0.25) is 0 Å². The minimum absolute atomic E-state index is 0.107. The fourth-order valence-electron chi connectivity index (χ4n) is 0.746. The van der Waals surface area contributed by atoms with Crippen LogP contribution in [-0.4, -0.2) is 44.0 Å². The fraction of sp³-hybridized carbons (Fsp3) is 1.00. The first kappa shape index (κ1) is 14.1. The van der Waals surface area contributed by atoms with E-state index in [4.69, 9.17) is 0 Å². The maximum absolute atomic E-state index is 11.6. The fourth-order valence-corrected chi connectivity index (χ4v) is 1.32. The van der Waals surface area contributed by atoms with Gasteiger partial charge in [0.2, 0.25) is 0 Å². The van der Waals surface area contributed by atoms with Gasteiger partial charge in [0, 0.05) is 18.8 Å². The Balaban J connectivity index is 2.99. The molecule has 0 aliphatic rings. The minimum atomic E-state index is -4.21. The van der Waals surface area contributed by atoms with Gasteiger partial charge in [0.05, 0.1) is 6.61 Å². The smallest absolute Gasteiger partial charge is 0.371 e. The molecule has 2 nitrogen and oxygen atoms in total. The molecule has 0 amide bonds. The van der Waals surface area contributed by atoms with Gasteiger partial charge >= 0.3 is 6.18 Å². The summed E-state index contributed by atoms with van der Waals surface area (Å²) in [5.74, 6) is 2.04. The Kier molecular flexibility index (Phi) is 8.41. The van der Waals surface area contributed by atoms with Crippen LogP contribution in [0, 0.1) is 0 Å². The van der Waals surface area contributed by atoms with E-state index < -0.39 is 12.8 Å². The molecule has 0 spiro atoms. The van der Waals surface area contributed by atoms with Crippen molar-refractivity contribution in [3.8, 4) is 0 Å². The molecule has 14 heavy (non-hydrogen) atoms. The van der Waals surface area contributed by atoms with Crippen LogP contribution >= 0.6 is 11.8 Å². The summed E-state index contributed by atoms with van der Waals surface area (Å²) in [6.45, 7) is 2.31. The van der Waals surface area contributed by atoms with E-state index in [0.717, 1.165) is 18.1 Å². The van der Waals surface area contributed by atoms with Crippen LogP contribution in [0.2, 0.25) is 0 Å². The summed E-state index contributed by atoms with van der Waals surface area (Å²) in [5.41, 5.74) is 0. The molecule has 6 heteroatoms. The molecule has 0 fully saturated rings. The first-order valence-electron chi connectivity index (χ1n) is 4.49. The van der Waals surface area contributed by atoms with Crippen LogP contribution in [0.4, 0.5) is 13.2 Å². The molecule has 0 aromatic heterocycles. The van der Waals surface area contributed by atoms with E-state index >= 15 is 0 Å². The zero-order valence-corrected chi connectivity index (χ0v) is 9.01. The Morgan fingerprint density at radius 1 is 1.29 bits per heavy atom. The largest absolute Gasteiger partial charge is 0.411 e. The van der Waals surface area contributed by atoms with Gasteiger partial charge in [-0.25, -0.2) is 0 Å². The molecule has 0 saturated carbocycles. The lowest BCUT2D eigenvalue weighted by atomic mass is 10.6. The van der Waals surface area contributed by atoms with Crippen molar-refractivity contribution in [3.63, 3.8) is 0 Å². The highest BCUT2D eigenvalue weighted by Gasteiger charge is 2.26. The van der Waals surface area contributed by atoms with Crippen molar-refractivity contribution in [2.45, 2.75) is 13.1 Å². The second-order valence-electron chi connectivity index (χ2n) is 2.61. The molecule has 0 bridgehead atoms. The lowest BCUT2D eigenvalue weighted by Gasteiger charge is -2.08. The van der Waals surface area contributed by atoms with Crippen molar-refractivity contribution < 1.29 is 17.9 Å². The van der Waals surface area contributed by atoms with E-state index in [0.29, 0.717) is 6.54 Å². The third-order valence-electron chi connectivity index (χ3n) is 1.32. The monoisotopic (exact) mass is 231 g/mol. The zero-order chi connectivity index (χ0) is 10.9. The number of alkyl halides is 3. The Labute approximate surface area is 86.6 Å². The van der Waals surface area contributed by atoms with Crippen LogP contribution in [0.15, 0.2) is 0 Å². The number of hydrogen-bond acceptors (Lipinski definition) is 3. The SMILES string of the molecule is CCSCCNCCOCC(F)(F)F. The Morgan fingerprint density at radius 2 is 2.00 bits per heavy atom. The van der Waals surface area contributed by atoms with Gasteiger partial charge in [-0.2, -0.15) is 24.9 Å². The quantitative estimate of drug-likeness (QED) is 0.645. The summed E-state index contributed by atoms with van der Waals surface area (Å²) in [4.78, 5) is 0. The van der Waals surface area contributed by atoms with E-state index in [2.05, 4.69) is 17.0 Å². The molecule has 0 unspecified atom stereocenters. The predicted molar refractivity (Wildman–Crippen MR) is 52.7 cm³/mol. The van der Waals surface area contributed by atoms with Crippen molar-refractivity contribution in [1.29, 1.82) is 0 Å². The van der Waals surface area contributed by atoms with E-state index in [9.17, 15) is 13.2 Å². The van der Waals surface area contributed by atoms with Crippen LogP contribution < -0.4 is 5.32 Å². The van der Waals surface area contributed by atoms with Gasteiger partial charge in [0.1, 0.15) is 6.61 Å². The molecule has 1 N–H and O–H groups in total. The normalized spacial score (nSPS) is 12.0. The van der Waals surface area contributed by atoms with Crippen molar-refractivity contribution in [3.05, 3.63) is 0 Å². The summed E-state index contributed by atoms with van der Waals surface area (Å²) in [6.07, 6.45) is -4.21. The van der Waals surface area contributed by atoms with E-state index in [1.165, 1.54) is 0 Å². The van der Waals surface area contributed by atoms with Crippen LogP contribution in [-0.2, 0) is 4.74 Å². The number of thioether (sulfide) groups is 1. The predicted octanol–water partition coefficient (Wildman–Crippen LogP) is 1.91. The molecule has 0 saturated heterocycles. The lowest BCUT2D eigenvalue weighted by Crippen LogP contribution is -2.25. The molecule has 0 aliphatic heterocycles. The maximum Gasteiger partial charge on any atom is 0.411 e. The second kappa shape index (κ2) is 8.38. The minimum Gasteiger partial charge on any atom is -0.371 e. The summed E-state index contributed by atoms with van der Waals surface area (Å²) in [6, 6.07) is 0. The van der Waals surface area contributed by atoms with Crippen LogP contribution in [0.25, 0.3) is 0 Å². The number of nitrogens with one attached hydrogen (secondary N) is 1. The second-order valence-corrected chi connectivity index (χ2v) is 4.01. The third-order valence-corrected chi connectivity index (χ3v) is 2.22.